The molecule has 0 saturated carbocycles. The molecule has 2 N–H and O–H groups in total. The van der Waals surface area contributed by atoms with Gasteiger partial charge < -0.3 is 15.5 Å². The van der Waals surface area contributed by atoms with Crippen molar-refractivity contribution in [3.63, 3.8) is 0 Å². The number of piperazine rings is 1. The standard InChI is InChI=1S/C15H20F3N3O/c16-15(17,18)13-4-1-3-12(11-13)14(22)20-5-2-8-21-9-6-19-7-10-21/h1,3-4,11,19H,2,5-10H2,(H,20,22). The van der Waals surface area contributed by atoms with Crippen LogP contribution in [-0.4, -0.2) is 50.1 Å². The number of alkyl halides is 3. The van der Waals surface area contributed by atoms with Crippen LogP contribution in [0, 0.1) is 0 Å². The zero-order chi connectivity index (χ0) is 16.0. The van der Waals surface area contributed by atoms with Gasteiger partial charge in [-0.3, -0.25) is 4.79 Å². The molecule has 1 saturated heterocycles. The maximum absolute atomic E-state index is 12.6. The summed E-state index contributed by atoms with van der Waals surface area (Å²) in [5.74, 6) is -0.466. The maximum Gasteiger partial charge on any atom is 0.416 e. The van der Waals surface area contributed by atoms with E-state index in [1.54, 1.807) is 0 Å². The third kappa shape index (κ3) is 4.99. The van der Waals surface area contributed by atoms with Crippen molar-refractivity contribution >= 4 is 5.91 Å². The lowest BCUT2D eigenvalue weighted by Gasteiger charge is -2.27. The molecule has 0 bridgehead atoms. The highest BCUT2D eigenvalue weighted by Crippen LogP contribution is 2.29. The van der Waals surface area contributed by atoms with Gasteiger partial charge in [0.2, 0.25) is 0 Å². The Morgan fingerprint density at radius 1 is 1.27 bits per heavy atom. The van der Waals surface area contributed by atoms with Gasteiger partial charge in [-0.25, -0.2) is 0 Å². The van der Waals surface area contributed by atoms with E-state index in [0.717, 1.165) is 51.3 Å². The summed E-state index contributed by atoms with van der Waals surface area (Å²) >= 11 is 0. The number of hydrogen-bond donors (Lipinski definition) is 2. The molecule has 1 aliphatic rings. The van der Waals surface area contributed by atoms with Crippen LogP contribution in [0.4, 0.5) is 13.2 Å². The second-order valence-electron chi connectivity index (χ2n) is 5.28. The number of benzene rings is 1. The number of nitrogens with one attached hydrogen (secondary N) is 2. The van der Waals surface area contributed by atoms with E-state index >= 15 is 0 Å². The summed E-state index contributed by atoms with van der Waals surface area (Å²) in [7, 11) is 0. The molecule has 0 radical (unpaired) electrons. The van der Waals surface area contributed by atoms with E-state index in [9.17, 15) is 18.0 Å². The molecule has 1 fully saturated rings. The fourth-order valence-corrected chi connectivity index (χ4v) is 2.38. The zero-order valence-corrected chi connectivity index (χ0v) is 12.2. The van der Waals surface area contributed by atoms with E-state index in [1.807, 2.05) is 0 Å². The number of amides is 1. The van der Waals surface area contributed by atoms with E-state index in [1.165, 1.54) is 12.1 Å². The van der Waals surface area contributed by atoms with Crippen LogP contribution in [-0.2, 0) is 6.18 Å². The Hall–Kier alpha value is -1.60. The Labute approximate surface area is 127 Å². The first-order valence-corrected chi connectivity index (χ1v) is 7.35. The van der Waals surface area contributed by atoms with E-state index in [-0.39, 0.29) is 5.56 Å². The first kappa shape index (κ1) is 16.8. The van der Waals surface area contributed by atoms with Crippen LogP contribution in [0.5, 0.6) is 0 Å². The van der Waals surface area contributed by atoms with Crippen molar-refractivity contribution in [2.45, 2.75) is 12.6 Å². The summed E-state index contributed by atoms with van der Waals surface area (Å²) < 4.78 is 37.8. The molecule has 7 heteroatoms. The van der Waals surface area contributed by atoms with Gasteiger partial charge in [-0.1, -0.05) is 6.07 Å². The van der Waals surface area contributed by atoms with Crippen molar-refractivity contribution in [1.82, 2.24) is 15.5 Å². The van der Waals surface area contributed by atoms with Crippen LogP contribution in [0.2, 0.25) is 0 Å². The average molecular weight is 315 g/mol. The molecule has 1 aromatic rings. The Morgan fingerprint density at radius 2 is 2.00 bits per heavy atom. The van der Waals surface area contributed by atoms with E-state index < -0.39 is 17.6 Å². The third-order valence-electron chi connectivity index (χ3n) is 3.60. The van der Waals surface area contributed by atoms with Crippen LogP contribution in [0.15, 0.2) is 24.3 Å². The molecule has 0 aromatic heterocycles. The van der Waals surface area contributed by atoms with Gasteiger partial charge in [0.05, 0.1) is 5.56 Å². The highest BCUT2D eigenvalue weighted by atomic mass is 19.4. The van der Waals surface area contributed by atoms with Gasteiger partial charge in [0, 0.05) is 38.3 Å². The summed E-state index contributed by atoms with van der Waals surface area (Å²) in [5.41, 5.74) is -0.766. The minimum absolute atomic E-state index is 0.0389. The van der Waals surface area contributed by atoms with Gasteiger partial charge in [0.1, 0.15) is 0 Å². The molecule has 1 amide bonds. The fraction of sp³-hybridized carbons (Fsp3) is 0.533. The lowest BCUT2D eigenvalue weighted by molar-refractivity contribution is -0.137. The highest BCUT2D eigenvalue weighted by Gasteiger charge is 2.30. The summed E-state index contributed by atoms with van der Waals surface area (Å²) in [6.07, 6.45) is -3.65. The second kappa shape index (κ2) is 7.60. The molecule has 0 unspecified atom stereocenters. The molecule has 122 valence electrons. The summed E-state index contributed by atoms with van der Waals surface area (Å²) in [5, 5.41) is 5.93. The number of halogens is 3. The number of rotatable bonds is 5. The van der Waals surface area contributed by atoms with Crippen LogP contribution < -0.4 is 10.6 Å². The molecule has 0 aliphatic carbocycles. The van der Waals surface area contributed by atoms with Crippen molar-refractivity contribution in [2.75, 3.05) is 39.3 Å². The van der Waals surface area contributed by atoms with Crippen LogP contribution in [0.25, 0.3) is 0 Å². The minimum Gasteiger partial charge on any atom is -0.352 e. The molecule has 2 rings (SSSR count). The Balaban J connectivity index is 1.77. The van der Waals surface area contributed by atoms with E-state index in [2.05, 4.69) is 15.5 Å². The predicted octanol–water partition coefficient (Wildman–Crippen LogP) is 1.73. The average Bonchev–Trinajstić information content (AvgIpc) is 2.52. The molecular formula is C15H20F3N3O. The van der Waals surface area contributed by atoms with Gasteiger partial charge in [0.25, 0.3) is 5.91 Å². The molecule has 1 aliphatic heterocycles. The zero-order valence-electron chi connectivity index (χ0n) is 12.2. The summed E-state index contributed by atoms with van der Waals surface area (Å²) in [6, 6.07) is 4.48. The van der Waals surface area contributed by atoms with Crippen molar-refractivity contribution in [2.24, 2.45) is 0 Å². The molecule has 1 heterocycles. The van der Waals surface area contributed by atoms with Crippen LogP contribution in [0.1, 0.15) is 22.3 Å². The molecule has 22 heavy (non-hydrogen) atoms. The first-order valence-electron chi connectivity index (χ1n) is 7.35. The van der Waals surface area contributed by atoms with Crippen LogP contribution >= 0.6 is 0 Å². The summed E-state index contributed by atoms with van der Waals surface area (Å²) in [4.78, 5) is 14.2. The van der Waals surface area contributed by atoms with Gasteiger partial charge in [-0.05, 0) is 31.2 Å². The normalized spacial score (nSPS) is 16.5. The van der Waals surface area contributed by atoms with Crippen molar-refractivity contribution < 1.29 is 18.0 Å². The molecule has 0 spiro atoms. The number of carbonyl (C=O) groups excluding carboxylic acids is 1. The topological polar surface area (TPSA) is 44.4 Å². The SMILES string of the molecule is O=C(NCCCN1CCNCC1)c1cccc(C(F)(F)F)c1. The number of carbonyl (C=O) groups is 1. The maximum atomic E-state index is 12.6. The lowest BCUT2D eigenvalue weighted by atomic mass is 10.1. The Morgan fingerprint density at radius 3 is 2.68 bits per heavy atom. The number of hydrogen-bond acceptors (Lipinski definition) is 3. The van der Waals surface area contributed by atoms with Gasteiger partial charge in [-0.2, -0.15) is 13.2 Å². The van der Waals surface area contributed by atoms with Gasteiger partial charge in [-0.15, -0.1) is 0 Å². The molecule has 0 atom stereocenters. The van der Waals surface area contributed by atoms with Crippen molar-refractivity contribution in [3.05, 3.63) is 35.4 Å². The lowest BCUT2D eigenvalue weighted by Crippen LogP contribution is -2.44. The van der Waals surface area contributed by atoms with Crippen molar-refractivity contribution in [1.29, 1.82) is 0 Å². The highest BCUT2D eigenvalue weighted by molar-refractivity contribution is 5.94. The van der Waals surface area contributed by atoms with Crippen LogP contribution in [0.3, 0.4) is 0 Å². The predicted molar refractivity (Wildman–Crippen MR) is 77.7 cm³/mol. The monoisotopic (exact) mass is 315 g/mol. The van der Waals surface area contributed by atoms with E-state index in [0.29, 0.717) is 6.54 Å². The third-order valence-corrected chi connectivity index (χ3v) is 3.60. The smallest absolute Gasteiger partial charge is 0.352 e. The molecular weight excluding hydrogens is 295 g/mol. The Bertz CT molecular complexity index is 499. The Kier molecular flexibility index (Phi) is 5.79. The van der Waals surface area contributed by atoms with Gasteiger partial charge in [0.15, 0.2) is 0 Å². The molecule has 4 nitrogen and oxygen atoms in total. The van der Waals surface area contributed by atoms with Crippen molar-refractivity contribution in [3.8, 4) is 0 Å². The first-order chi connectivity index (χ1) is 10.5. The fourth-order valence-electron chi connectivity index (χ4n) is 2.38. The second-order valence-corrected chi connectivity index (χ2v) is 5.28. The van der Waals surface area contributed by atoms with Gasteiger partial charge >= 0.3 is 6.18 Å². The quantitative estimate of drug-likeness (QED) is 0.814. The van der Waals surface area contributed by atoms with E-state index in [4.69, 9.17) is 0 Å². The summed E-state index contributed by atoms with van der Waals surface area (Å²) in [6.45, 7) is 5.25. The minimum atomic E-state index is -4.43. The largest absolute Gasteiger partial charge is 0.416 e. The molecule has 1 aromatic carbocycles. The number of nitrogens with zero attached hydrogens (tertiary/aromatic N) is 1.